The third-order valence-electron chi connectivity index (χ3n) is 5.29. The molecular weight excluding hydrogens is 400 g/mol. The first-order valence-corrected chi connectivity index (χ1v) is 9.76. The van der Waals surface area contributed by atoms with Crippen molar-refractivity contribution < 1.29 is 27.1 Å². The van der Waals surface area contributed by atoms with E-state index in [4.69, 9.17) is 4.74 Å². The van der Waals surface area contributed by atoms with E-state index in [1.165, 1.54) is 0 Å². The fraction of sp³-hybridized carbons (Fsp3) is 0.409. The van der Waals surface area contributed by atoms with Crippen LogP contribution >= 0.6 is 0 Å². The number of likely N-dealkylation sites (tertiary alicyclic amines) is 1. The molecule has 1 saturated heterocycles. The number of carbonyl (C=O) groups is 1. The van der Waals surface area contributed by atoms with E-state index in [9.17, 15) is 22.4 Å². The fourth-order valence-electron chi connectivity index (χ4n) is 3.63. The average molecular weight is 424 g/mol. The zero-order chi connectivity index (χ0) is 21.7. The van der Waals surface area contributed by atoms with Crippen LogP contribution in [0.1, 0.15) is 36.0 Å². The van der Waals surface area contributed by atoms with Crippen LogP contribution in [0.2, 0.25) is 0 Å². The Labute approximate surface area is 172 Å². The molecule has 162 valence electrons. The van der Waals surface area contributed by atoms with Crippen molar-refractivity contribution in [2.45, 2.75) is 44.6 Å². The molecule has 0 aliphatic carbocycles. The summed E-state index contributed by atoms with van der Waals surface area (Å²) in [5.74, 6) is -0.271. The number of methoxy groups -OCH3 is 1. The molecule has 0 spiro atoms. The molecular formula is C22H24F4N2O2. The molecule has 0 radical (unpaired) electrons. The van der Waals surface area contributed by atoms with Gasteiger partial charge in [-0.05, 0) is 49.2 Å². The van der Waals surface area contributed by atoms with Crippen LogP contribution in [0, 0.1) is 5.82 Å². The van der Waals surface area contributed by atoms with Gasteiger partial charge in [0.1, 0.15) is 11.6 Å². The first-order chi connectivity index (χ1) is 14.3. The topological polar surface area (TPSA) is 41.6 Å². The van der Waals surface area contributed by atoms with Crippen molar-refractivity contribution in [2.75, 3.05) is 13.7 Å². The molecule has 3 rings (SSSR count). The Hall–Kier alpha value is -2.61. The highest BCUT2D eigenvalue weighted by Gasteiger charge is 2.33. The van der Waals surface area contributed by atoms with Gasteiger partial charge in [0.2, 0.25) is 5.91 Å². The average Bonchev–Trinajstić information content (AvgIpc) is 3.05. The van der Waals surface area contributed by atoms with E-state index >= 15 is 0 Å². The summed E-state index contributed by atoms with van der Waals surface area (Å²) >= 11 is 0. The molecule has 4 nitrogen and oxygen atoms in total. The van der Waals surface area contributed by atoms with Gasteiger partial charge in [0.15, 0.2) is 0 Å². The Balaban J connectivity index is 1.55. The summed E-state index contributed by atoms with van der Waals surface area (Å²) in [5, 5.41) is 3.32. The minimum atomic E-state index is -4.60. The molecule has 0 bridgehead atoms. The second-order valence-electron chi connectivity index (χ2n) is 7.34. The summed E-state index contributed by atoms with van der Waals surface area (Å²) in [7, 11) is 1.61. The van der Waals surface area contributed by atoms with Gasteiger partial charge in [0.05, 0.1) is 12.7 Å². The molecule has 1 aliphatic heterocycles. The predicted octanol–water partition coefficient (Wildman–Crippen LogP) is 4.52. The smallest absolute Gasteiger partial charge is 0.416 e. The van der Waals surface area contributed by atoms with Crippen LogP contribution in [0.25, 0.3) is 0 Å². The van der Waals surface area contributed by atoms with Crippen molar-refractivity contribution in [2.24, 2.45) is 0 Å². The number of ether oxygens (including phenoxy) is 1. The normalized spacial score (nSPS) is 16.9. The van der Waals surface area contributed by atoms with Gasteiger partial charge in [-0.1, -0.05) is 18.2 Å². The van der Waals surface area contributed by atoms with Gasteiger partial charge in [-0.3, -0.25) is 4.79 Å². The zero-order valence-electron chi connectivity index (χ0n) is 16.6. The number of hydrogen-bond donors (Lipinski definition) is 1. The van der Waals surface area contributed by atoms with Crippen LogP contribution in [0.15, 0.2) is 42.5 Å². The van der Waals surface area contributed by atoms with Gasteiger partial charge in [-0.2, -0.15) is 13.2 Å². The maximum absolute atomic E-state index is 14.2. The third kappa shape index (κ3) is 5.50. The lowest BCUT2D eigenvalue weighted by molar-refractivity contribution is -0.138. The molecule has 0 aromatic heterocycles. The molecule has 1 amide bonds. The summed E-state index contributed by atoms with van der Waals surface area (Å²) in [4.78, 5) is 13.8. The van der Waals surface area contributed by atoms with Gasteiger partial charge in [-0.25, -0.2) is 4.39 Å². The van der Waals surface area contributed by atoms with Gasteiger partial charge >= 0.3 is 6.18 Å². The molecule has 0 unspecified atom stereocenters. The van der Waals surface area contributed by atoms with Crippen molar-refractivity contribution in [3.63, 3.8) is 0 Å². The SMILES string of the molecule is COc1cccc(CNCC[C@H]2CCC(=O)N2Cc2ccc(C(F)(F)F)cc2F)c1. The van der Waals surface area contributed by atoms with Crippen molar-refractivity contribution in [1.29, 1.82) is 0 Å². The van der Waals surface area contributed by atoms with Gasteiger partial charge < -0.3 is 15.0 Å². The number of amides is 1. The number of carbonyl (C=O) groups excluding carboxylic acids is 1. The van der Waals surface area contributed by atoms with Crippen molar-refractivity contribution in [1.82, 2.24) is 10.2 Å². The van der Waals surface area contributed by atoms with E-state index in [-0.39, 0.29) is 24.1 Å². The highest BCUT2D eigenvalue weighted by atomic mass is 19.4. The Morgan fingerprint density at radius 1 is 1.20 bits per heavy atom. The maximum atomic E-state index is 14.2. The summed E-state index contributed by atoms with van der Waals surface area (Å²) in [6.07, 6.45) is -2.90. The first kappa shape index (κ1) is 22.1. The highest BCUT2D eigenvalue weighted by Crippen LogP contribution is 2.31. The van der Waals surface area contributed by atoms with Crippen LogP contribution in [0.3, 0.4) is 0 Å². The fourth-order valence-corrected chi connectivity index (χ4v) is 3.63. The molecule has 2 aromatic carbocycles. The van der Waals surface area contributed by atoms with Crippen LogP contribution in [0.5, 0.6) is 5.75 Å². The van der Waals surface area contributed by atoms with Crippen LogP contribution in [-0.2, 0) is 24.1 Å². The predicted molar refractivity (Wildman–Crippen MR) is 104 cm³/mol. The second kappa shape index (κ2) is 9.47. The largest absolute Gasteiger partial charge is 0.497 e. The Morgan fingerprint density at radius 2 is 2.00 bits per heavy atom. The zero-order valence-corrected chi connectivity index (χ0v) is 16.6. The first-order valence-electron chi connectivity index (χ1n) is 9.76. The number of nitrogens with zero attached hydrogens (tertiary/aromatic N) is 1. The molecule has 1 fully saturated rings. The number of nitrogens with one attached hydrogen (secondary N) is 1. The van der Waals surface area contributed by atoms with Crippen molar-refractivity contribution in [3.8, 4) is 5.75 Å². The number of halogens is 4. The van der Waals surface area contributed by atoms with Gasteiger partial charge in [0, 0.05) is 31.1 Å². The Bertz CT molecular complexity index is 886. The summed E-state index contributed by atoms with van der Waals surface area (Å²) in [6.45, 7) is 1.27. The summed E-state index contributed by atoms with van der Waals surface area (Å²) in [6, 6.07) is 10.1. The quantitative estimate of drug-likeness (QED) is 0.500. The molecule has 8 heteroatoms. The molecule has 0 saturated carbocycles. The van der Waals surface area contributed by atoms with Crippen LogP contribution < -0.4 is 10.1 Å². The van der Waals surface area contributed by atoms with Gasteiger partial charge in [-0.15, -0.1) is 0 Å². The molecule has 1 aliphatic rings. The van der Waals surface area contributed by atoms with E-state index in [1.807, 2.05) is 24.3 Å². The highest BCUT2D eigenvalue weighted by molar-refractivity contribution is 5.78. The monoisotopic (exact) mass is 424 g/mol. The summed E-state index contributed by atoms with van der Waals surface area (Å²) < 4.78 is 57.5. The molecule has 1 N–H and O–H groups in total. The molecule has 2 aromatic rings. The lowest BCUT2D eigenvalue weighted by Crippen LogP contribution is -2.35. The van der Waals surface area contributed by atoms with E-state index in [0.29, 0.717) is 38.4 Å². The number of rotatable bonds is 8. The van der Waals surface area contributed by atoms with E-state index in [0.717, 1.165) is 23.4 Å². The molecule has 1 heterocycles. The molecule has 30 heavy (non-hydrogen) atoms. The lowest BCUT2D eigenvalue weighted by Gasteiger charge is -2.25. The van der Waals surface area contributed by atoms with Crippen LogP contribution in [0.4, 0.5) is 17.6 Å². The number of hydrogen-bond acceptors (Lipinski definition) is 3. The van der Waals surface area contributed by atoms with Crippen molar-refractivity contribution >= 4 is 5.91 Å². The van der Waals surface area contributed by atoms with E-state index in [2.05, 4.69) is 5.32 Å². The third-order valence-corrected chi connectivity index (χ3v) is 5.29. The van der Waals surface area contributed by atoms with Gasteiger partial charge in [0.25, 0.3) is 0 Å². The number of alkyl halides is 3. The maximum Gasteiger partial charge on any atom is 0.416 e. The summed E-state index contributed by atoms with van der Waals surface area (Å²) in [5.41, 5.74) is 0.128. The Kier molecular flexibility index (Phi) is 6.97. The molecule has 1 atom stereocenters. The minimum absolute atomic E-state index is 0.0244. The van der Waals surface area contributed by atoms with Crippen LogP contribution in [-0.4, -0.2) is 30.5 Å². The Morgan fingerprint density at radius 3 is 2.70 bits per heavy atom. The second-order valence-corrected chi connectivity index (χ2v) is 7.34. The van der Waals surface area contributed by atoms with Crippen molar-refractivity contribution in [3.05, 3.63) is 65.0 Å². The van der Waals surface area contributed by atoms with E-state index in [1.54, 1.807) is 12.0 Å². The standard InChI is InChI=1S/C22H24F4N2O2/c1-30-19-4-2-3-15(11-19)13-27-10-9-18-7-8-21(29)28(18)14-16-5-6-17(12-20(16)23)22(24,25)26/h2-6,11-12,18,27H,7-10,13-14H2,1H3/t18-/m1/s1. The minimum Gasteiger partial charge on any atom is -0.497 e. The van der Waals surface area contributed by atoms with E-state index < -0.39 is 17.6 Å². The lowest BCUT2D eigenvalue weighted by atomic mass is 10.1. The number of benzene rings is 2.